The number of nitrogens with one attached hydrogen (secondary N) is 3. The van der Waals surface area contributed by atoms with Gasteiger partial charge in [-0.2, -0.15) is 0 Å². The molecule has 0 aliphatic rings. The highest BCUT2D eigenvalue weighted by Crippen LogP contribution is 2.23. The van der Waals surface area contributed by atoms with E-state index in [9.17, 15) is 14.4 Å². The average Bonchev–Trinajstić information content (AvgIpc) is 2.59. The number of para-hydroxylation sites is 1. The SMILES string of the molecule is CC(C)C(=O)NNC(=O)c1ccccc1NC(=O)c1ccc(Cl)cc1Cl. The Morgan fingerprint density at radius 3 is 2.23 bits per heavy atom. The van der Waals surface area contributed by atoms with Gasteiger partial charge in [0.05, 0.1) is 21.8 Å². The summed E-state index contributed by atoms with van der Waals surface area (Å²) >= 11 is 11.9. The molecule has 0 heterocycles. The van der Waals surface area contributed by atoms with Gasteiger partial charge < -0.3 is 5.32 Å². The number of amides is 3. The number of rotatable bonds is 4. The quantitative estimate of drug-likeness (QED) is 0.692. The molecule has 3 amide bonds. The van der Waals surface area contributed by atoms with Crippen molar-refractivity contribution in [1.29, 1.82) is 0 Å². The summed E-state index contributed by atoms with van der Waals surface area (Å²) in [5, 5.41) is 3.24. The van der Waals surface area contributed by atoms with Gasteiger partial charge in [-0.15, -0.1) is 0 Å². The summed E-state index contributed by atoms with van der Waals surface area (Å²) in [5.41, 5.74) is 5.33. The molecular weight excluding hydrogens is 377 g/mol. The summed E-state index contributed by atoms with van der Waals surface area (Å²) in [6.07, 6.45) is 0. The molecular formula is C18H17Cl2N3O3. The van der Waals surface area contributed by atoms with E-state index in [1.807, 2.05) is 0 Å². The van der Waals surface area contributed by atoms with Crippen molar-refractivity contribution in [2.24, 2.45) is 5.92 Å². The van der Waals surface area contributed by atoms with E-state index in [0.717, 1.165) is 0 Å². The standard InChI is InChI=1S/C18H17Cl2N3O3/c1-10(2)16(24)22-23-18(26)13-5-3-4-6-15(13)21-17(25)12-8-7-11(19)9-14(12)20/h3-10H,1-2H3,(H,21,25)(H,22,24)(H,23,26). The number of benzene rings is 2. The summed E-state index contributed by atoms with van der Waals surface area (Å²) in [4.78, 5) is 36.3. The van der Waals surface area contributed by atoms with E-state index in [1.165, 1.54) is 18.2 Å². The van der Waals surface area contributed by atoms with E-state index in [0.29, 0.717) is 5.02 Å². The first-order valence-corrected chi connectivity index (χ1v) is 8.51. The Hall–Kier alpha value is -2.57. The Balaban J connectivity index is 2.17. The number of hydrogen-bond acceptors (Lipinski definition) is 3. The summed E-state index contributed by atoms with van der Waals surface area (Å²) in [7, 11) is 0. The van der Waals surface area contributed by atoms with Crippen LogP contribution in [0.1, 0.15) is 34.6 Å². The third-order valence-electron chi connectivity index (χ3n) is 3.42. The fourth-order valence-corrected chi connectivity index (χ4v) is 2.48. The zero-order valence-corrected chi connectivity index (χ0v) is 15.6. The van der Waals surface area contributed by atoms with E-state index in [4.69, 9.17) is 23.2 Å². The highest BCUT2D eigenvalue weighted by atomic mass is 35.5. The lowest BCUT2D eigenvalue weighted by Crippen LogP contribution is -2.43. The van der Waals surface area contributed by atoms with Crippen LogP contribution < -0.4 is 16.2 Å². The molecule has 3 N–H and O–H groups in total. The first-order valence-electron chi connectivity index (χ1n) is 7.75. The first-order chi connectivity index (χ1) is 12.3. The van der Waals surface area contributed by atoms with Crippen molar-refractivity contribution in [3.05, 3.63) is 63.6 Å². The molecule has 136 valence electrons. The second kappa shape index (κ2) is 8.69. The fraction of sp³-hybridized carbons (Fsp3) is 0.167. The van der Waals surface area contributed by atoms with Gasteiger partial charge in [-0.3, -0.25) is 25.2 Å². The van der Waals surface area contributed by atoms with Crippen LogP contribution in [0.25, 0.3) is 0 Å². The van der Waals surface area contributed by atoms with Crippen molar-refractivity contribution in [2.75, 3.05) is 5.32 Å². The van der Waals surface area contributed by atoms with Crippen molar-refractivity contribution in [3.8, 4) is 0 Å². The molecule has 0 unspecified atom stereocenters. The van der Waals surface area contributed by atoms with E-state index >= 15 is 0 Å². The molecule has 0 atom stereocenters. The normalized spacial score (nSPS) is 10.3. The van der Waals surface area contributed by atoms with Crippen LogP contribution in [0.2, 0.25) is 10.0 Å². The Morgan fingerprint density at radius 2 is 1.58 bits per heavy atom. The minimum atomic E-state index is -0.558. The number of halogens is 2. The van der Waals surface area contributed by atoms with Gasteiger partial charge in [-0.25, -0.2) is 0 Å². The second-order valence-corrected chi connectivity index (χ2v) is 6.57. The zero-order chi connectivity index (χ0) is 19.3. The summed E-state index contributed by atoms with van der Waals surface area (Å²) in [6, 6.07) is 10.9. The lowest BCUT2D eigenvalue weighted by atomic mass is 10.1. The predicted octanol–water partition coefficient (Wildman–Crippen LogP) is 3.66. The number of hydrogen-bond donors (Lipinski definition) is 3. The molecule has 2 aromatic rings. The van der Waals surface area contributed by atoms with Crippen molar-refractivity contribution in [3.63, 3.8) is 0 Å². The Morgan fingerprint density at radius 1 is 0.885 bits per heavy atom. The van der Waals surface area contributed by atoms with E-state index in [-0.39, 0.29) is 33.7 Å². The van der Waals surface area contributed by atoms with Gasteiger partial charge in [0.15, 0.2) is 0 Å². The molecule has 0 aromatic heterocycles. The molecule has 0 aliphatic heterocycles. The van der Waals surface area contributed by atoms with Crippen molar-refractivity contribution in [2.45, 2.75) is 13.8 Å². The number of carbonyl (C=O) groups is 3. The molecule has 0 saturated carbocycles. The smallest absolute Gasteiger partial charge is 0.271 e. The van der Waals surface area contributed by atoms with Crippen molar-refractivity contribution < 1.29 is 14.4 Å². The van der Waals surface area contributed by atoms with Crippen molar-refractivity contribution >= 4 is 46.6 Å². The van der Waals surface area contributed by atoms with Crippen LogP contribution in [-0.2, 0) is 4.79 Å². The third-order valence-corrected chi connectivity index (χ3v) is 3.97. The van der Waals surface area contributed by atoms with Gasteiger partial charge in [-0.05, 0) is 30.3 Å². The lowest BCUT2D eigenvalue weighted by Gasteiger charge is -2.13. The number of hydrazine groups is 1. The van der Waals surface area contributed by atoms with Crippen LogP contribution in [0, 0.1) is 5.92 Å². The monoisotopic (exact) mass is 393 g/mol. The van der Waals surface area contributed by atoms with Crippen molar-refractivity contribution in [1.82, 2.24) is 10.9 Å². The van der Waals surface area contributed by atoms with Gasteiger partial charge in [0.1, 0.15) is 0 Å². The minimum Gasteiger partial charge on any atom is -0.321 e. The van der Waals surface area contributed by atoms with Gasteiger partial charge in [-0.1, -0.05) is 49.2 Å². The Bertz CT molecular complexity index is 853. The largest absolute Gasteiger partial charge is 0.321 e. The van der Waals surface area contributed by atoms with E-state index < -0.39 is 11.8 Å². The topological polar surface area (TPSA) is 87.3 Å². The van der Waals surface area contributed by atoms with Crippen LogP contribution in [0.3, 0.4) is 0 Å². The van der Waals surface area contributed by atoms with E-state index in [2.05, 4.69) is 16.2 Å². The minimum absolute atomic E-state index is 0.190. The molecule has 0 bridgehead atoms. The highest BCUT2D eigenvalue weighted by Gasteiger charge is 2.17. The molecule has 26 heavy (non-hydrogen) atoms. The van der Waals surface area contributed by atoms with Crippen LogP contribution in [0.15, 0.2) is 42.5 Å². The van der Waals surface area contributed by atoms with Gasteiger partial charge in [0, 0.05) is 10.9 Å². The van der Waals surface area contributed by atoms with Gasteiger partial charge in [0.2, 0.25) is 5.91 Å². The predicted molar refractivity (Wildman–Crippen MR) is 101 cm³/mol. The van der Waals surface area contributed by atoms with Crippen LogP contribution in [0.5, 0.6) is 0 Å². The van der Waals surface area contributed by atoms with Gasteiger partial charge in [0.25, 0.3) is 11.8 Å². The van der Waals surface area contributed by atoms with Crippen LogP contribution >= 0.6 is 23.2 Å². The maximum absolute atomic E-state index is 12.4. The molecule has 0 spiro atoms. The molecule has 2 aromatic carbocycles. The Kier molecular flexibility index (Phi) is 6.60. The van der Waals surface area contributed by atoms with E-state index in [1.54, 1.807) is 38.1 Å². The molecule has 6 nitrogen and oxygen atoms in total. The number of carbonyl (C=O) groups excluding carboxylic acids is 3. The lowest BCUT2D eigenvalue weighted by molar-refractivity contribution is -0.124. The maximum Gasteiger partial charge on any atom is 0.271 e. The maximum atomic E-state index is 12.4. The zero-order valence-electron chi connectivity index (χ0n) is 14.1. The highest BCUT2D eigenvalue weighted by molar-refractivity contribution is 6.37. The average molecular weight is 394 g/mol. The molecule has 0 fully saturated rings. The van der Waals surface area contributed by atoms with Crippen LogP contribution in [0.4, 0.5) is 5.69 Å². The first kappa shape index (κ1) is 19.8. The Labute approximate surface area is 160 Å². The van der Waals surface area contributed by atoms with Crippen LogP contribution in [-0.4, -0.2) is 17.7 Å². The molecule has 8 heteroatoms. The molecule has 2 rings (SSSR count). The second-order valence-electron chi connectivity index (χ2n) is 5.72. The third kappa shape index (κ3) is 4.97. The molecule has 0 saturated heterocycles. The van der Waals surface area contributed by atoms with Gasteiger partial charge >= 0.3 is 0 Å². The molecule has 0 radical (unpaired) electrons. The fourth-order valence-electron chi connectivity index (χ4n) is 1.98. The number of anilines is 1. The summed E-state index contributed by atoms with van der Waals surface area (Å²) < 4.78 is 0. The summed E-state index contributed by atoms with van der Waals surface area (Å²) in [6.45, 7) is 3.40. The summed E-state index contributed by atoms with van der Waals surface area (Å²) in [5.74, 6) is -1.65. The molecule has 0 aliphatic carbocycles.